The summed E-state index contributed by atoms with van der Waals surface area (Å²) in [6.45, 7) is 9.14. The number of hydrogen-bond donors (Lipinski definition) is 2. The number of carbonyl (C=O) groups is 1. The lowest BCUT2D eigenvalue weighted by Gasteiger charge is -2.07. The second-order valence-corrected chi connectivity index (χ2v) is 3.76. The zero-order valence-electron chi connectivity index (χ0n) is 10.2. The molecule has 0 unspecified atom stereocenters. The first-order chi connectivity index (χ1) is 8.49. The number of allylic oxidation sites excluding steroid dienone is 3. The molecule has 0 saturated heterocycles. The molecule has 1 rings (SSSR count). The minimum Gasteiger partial charge on any atom is -0.308 e. The Labute approximate surface area is 106 Å². The van der Waals surface area contributed by atoms with Gasteiger partial charge in [0.25, 0.3) is 0 Å². The summed E-state index contributed by atoms with van der Waals surface area (Å²) in [7, 11) is 0. The van der Waals surface area contributed by atoms with Gasteiger partial charge in [0, 0.05) is 5.70 Å². The minimum absolute atomic E-state index is 0.117. The number of hydrogen-bond acceptors (Lipinski definition) is 1. The summed E-state index contributed by atoms with van der Waals surface area (Å²) in [5, 5.41) is 4.86. The first-order valence-electron chi connectivity index (χ1n) is 5.34. The van der Waals surface area contributed by atoms with Crippen molar-refractivity contribution >= 4 is 11.7 Å². The van der Waals surface area contributed by atoms with Gasteiger partial charge in [-0.2, -0.15) is 0 Å². The summed E-state index contributed by atoms with van der Waals surface area (Å²) >= 11 is 0. The van der Waals surface area contributed by atoms with Gasteiger partial charge in [0.1, 0.15) is 5.82 Å². The molecular formula is C14H15FN2O. The number of nitrogens with one attached hydrogen (secondary N) is 2. The van der Waals surface area contributed by atoms with Crippen molar-refractivity contribution < 1.29 is 9.18 Å². The summed E-state index contributed by atoms with van der Waals surface area (Å²) in [5.74, 6) is -0.490. The van der Waals surface area contributed by atoms with E-state index in [0.29, 0.717) is 5.70 Å². The second-order valence-electron chi connectivity index (χ2n) is 3.76. The van der Waals surface area contributed by atoms with E-state index in [1.54, 1.807) is 24.3 Å². The molecule has 4 heteroatoms. The summed E-state index contributed by atoms with van der Waals surface area (Å²) in [6, 6.07) is 5.38. The van der Waals surface area contributed by atoms with Gasteiger partial charge in [-0.05, 0) is 25.1 Å². The van der Waals surface area contributed by atoms with Gasteiger partial charge < -0.3 is 10.6 Å². The van der Waals surface area contributed by atoms with E-state index in [1.807, 2.05) is 6.92 Å². The number of anilines is 1. The fourth-order valence-corrected chi connectivity index (χ4v) is 1.15. The zero-order chi connectivity index (χ0) is 13.5. The fraction of sp³-hybridized carbons (Fsp3) is 0.0714. The van der Waals surface area contributed by atoms with Crippen LogP contribution < -0.4 is 10.6 Å². The quantitative estimate of drug-likeness (QED) is 0.783. The van der Waals surface area contributed by atoms with Gasteiger partial charge >= 0.3 is 6.03 Å². The lowest BCUT2D eigenvalue weighted by atomic mass is 10.3. The van der Waals surface area contributed by atoms with Crippen LogP contribution in [0, 0.1) is 5.82 Å². The highest BCUT2D eigenvalue weighted by molar-refractivity contribution is 5.90. The predicted octanol–water partition coefficient (Wildman–Crippen LogP) is 3.59. The van der Waals surface area contributed by atoms with Crippen LogP contribution in [0.15, 0.2) is 60.8 Å². The molecule has 1 aromatic carbocycles. The molecular weight excluding hydrogens is 231 g/mol. The maximum Gasteiger partial charge on any atom is 0.323 e. The van der Waals surface area contributed by atoms with Gasteiger partial charge in [-0.3, -0.25) is 0 Å². The first-order valence-corrected chi connectivity index (χ1v) is 5.34. The Morgan fingerprint density at radius 1 is 1.28 bits per heavy atom. The third-order valence-electron chi connectivity index (χ3n) is 1.97. The number of benzene rings is 1. The normalized spacial score (nSPS) is 10.1. The maximum atomic E-state index is 13.3. The van der Waals surface area contributed by atoms with Crippen LogP contribution in [0.2, 0.25) is 0 Å². The monoisotopic (exact) mass is 246 g/mol. The molecule has 94 valence electrons. The SMILES string of the molecule is C=C(C)/C=C\C(=C)NC(=O)Nc1ccccc1F. The van der Waals surface area contributed by atoms with Crippen LogP contribution >= 0.6 is 0 Å². The third kappa shape index (κ3) is 4.65. The Bertz CT molecular complexity index is 506. The molecule has 0 aliphatic rings. The molecule has 0 aromatic heterocycles. The number of rotatable bonds is 4. The van der Waals surface area contributed by atoms with Gasteiger partial charge in [-0.25, -0.2) is 9.18 Å². The van der Waals surface area contributed by atoms with E-state index in [9.17, 15) is 9.18 Å². The number of para-hydroxylation sites is 1. The first kappa shape index (κ1) is 13.7. The van der Waals surface area contributed by atoms with Gasteiger partial charge in [0.2, 0.25) is 0 Å². The minimum atomic E-state index is -0.545. The van der Waals surface area contributed by atoms with E-state index in [0.717, 1.165) is 5.57 Å². The summed E-state index contributed by atoms with van der Waals surface area (Å²) in [4.78, 5) is 11.5. The van der Waals surface area contributed by atoms with Gasteiger partial charge in [0.05, 0.1) is 5.69 Å². The van der Waals surface area contributed by atoms with Crippen molar-refractivity contribution in [1.82, 2.24) is 5.32 Å². The van der Waals surface area contributed by atoms with Crippen molar-refractivity contribution in [2.24, 2.45) is 0 Å². The Morgan fingerprint density at radius 2 is 1.94 bits per heavy atom. The van der Waals surface area contributed by atoms with Crippen LogP contribution in [-0.2, 0) is 0 Å². The molecule has 0 fully saturated rings. The van der Waals surface area contributed by atoms with Gasteiger partial charge in [-0.1, -0.05) is 36.9 Å². The summed E-state index contributed by atoms with van der Waals surface area (Å²) < 4.78 is 13.3. The number of urea groups is 1. The molecule has 1 aromatic rings. The van der Waals surface area contributed by atoms with Crippen LogP contribution in [0.25, 0.3) is 0 Å². The van der Waals surface area contributed by atoms with E-state index in [2.05, 4.69) is 23.8 Å². The molecule has 0 bridgehead atoms. The molecule has 0 heterocycles. The Kier molecular flexibility index (Phi) is 4.87. The topological polar surface area (TPSA) is 41.1 Å². The highest BCUT2D eigenvalue weighted by Crippen LogP contribution is 2.11. The van der Waals surface area contributed by atoms with Crippen LogP contribution in [0.4, 0.5) is 14.9 Å². The Hall–Kier alpha value is -2.36. The predicted molar refractivity (Wildman–Crippen MR) is 71.6 cm³/mol. The van der Waals surface area contributed by atoms with Crippen LogP contribution in [-0.4, -0.2) is 6.03 Å². The molecule has 3 nitrogen and oxygen atoms in total. The maximum absolute atomic E-state index is 13.3. The van der Waals surface area contributed by atoms with Gasteiger partial charge in [0.15, 0.2) is 0 Å². The molecule has 0 spiro atoms. The summed E-state index contributed by atoms with van der Waals surface area (Å²) in [5.41, 5.74) is 1.35. The van der Waals surface area contributed by atoms with E-state index in [4.69, 9.17) is 0 Å². The van der Waals surface area contributed by atoms with Crippen molar-refractivity contribution in [2.75, 3.05) is 5.32 Å². The zero-order valence-corrected chi connectivity index (χ0v) is 10.2. The summed E-state index contributed by atoms with van der Waals surface area (Å²) in [6.07, 6.45) is 3.33. The Balaban J connectivity index is 2.55. The molecule has 0 atom stereocenters. The molecule has 18 heavy (non-hydrogen) atoms. The molecule has 0 aliphatic carbocycles. The molecule has 0 saturated carbocycles. The number of carbonyl (C=O) groups excluding carboxylic acids is 1. The molecule has 0 radical (unpaired) electrons. The fourth-order valence-electron chi connectivity index (χ4n) is 1.15. The van der Waals surface area contributed by atoms with Gasteiger partial charge in [-0.15, -0.1) is 0 Å². The lowest BCUT2D eigenvalue weighted by molar-refractivity contribution is 0.254. The third-order valence-corrected chi connectivity index (χ3v) is 1.97. The van der Waals surface area contributed by atoms with Crippen LogP contribution in [0.3, 0.4) is 0 Å². The second kappa shape index (κ2) is 6.39. The highest BCUT2D eigenvalue weighted by atomic mass is 19.1. The number of halogens is 1. The van der Waals surface area contributed by atoms with E-state index in [1.165, 1.54) is 12.1 Å². The smallest absolute Gasteiger partial charge is 0.308 e. The standard InChI is InChI=1S/C14H15FN2O/c1-10(2)8-9-11(3)16-14(18)17-13-7-5-4-6-12(13)15/h4-9H,1,3H2,2H3,(H2,16,17,18)/b9-8-. The van der Waals surface area contributed by atoms with Crippen molar-refractivity contribution in [2.45, 2.75) is 6.92 Å². The average molecular weight is 246 g/mol. The van der Waals surface area contributed by atoms with Crippen LogP contribution in [0.1, 0.15) is 6.92 Å². The lowest BCUT2D eigenvalue weighted by Crippen LogP contribution is -2.27. The highest BCUT2D eigenvalue weighted by Gasteiger charge is 2.05. The average Bonchev–Trinajstić information content (AvgIpc) is 2.29. The van der Waals surface area contributed by atoms with E-state index >= 15 is 0 Å². The Morgan fingerprint density at radius 3 is 2.56 bits per heavy atom. The van der Waals surface area contributed by atoms with Crippen molar-refractivity contribution in [3.05, 3.63) is 66.7 Å². The molecule has 0 aliphatic heterocycles. The van der Waals surface area contributed by atoms with Crippen molar-refractivity contribution in [3.63, 3.8) is 0 Å². The van der Waals surface area contributed by atoms with Crippen molar-refractivity contribution in [3.8, 4) is 0 Å². The van der Waals surface area contributed by atoms with Crippen molar-refractivity contribution in [1.29, 1.82) is 0 Å². The molecule has 2 N–H and O–H groups in total. The number of amides is 2. The largest absolute Gasteiger partial charge is 0.323 e. The van der Waals surface area contributed by atoms with Crippen LogP contribution in [0.5, 0.6) is 0 Å². The molecule has 2 amide bonds. The van der Waals surface area contributed by atoms with E-state index < -0.39 is 11.8 Å². The van der Waals surface area contributed by atoms with E-state index in [-0.39, 0.29) is 5.69 Å².